The first-order chi connectivity index (χ1) is 10.8. The lowest BCUT2D eigenvalue weighted by molar-refractivity contribution is 0.136. The van der Waals surface area contributed by atoms with Crippen LogP contribution in [0.4, 0.5) is 0 Å². The molecule has 0 fully saturated rings. The van der Waals surface area contributed by atoms with Gasteiger partial charge in [0.25, 0.3) is 0 Å². The highest BCUT2D eigenvalue weighted by molar-refractivity contribution is 5.99. The quantitative estimate of drug-likeness (QED) is 0.582. The molecule has 0 amide bonds. The Bertz CT molecular complexity index is 604. The summed E-state index contributed by atoms with van der Waals surface area (Å²) in [6.45, 7) is 2.17. The van der Waals surface area contributed by atoms with Crippen molar-refractivity contribution in [1.29, 1.82) is 0 Å². The Morgan fingerprint density at radius 2 is 1.77 bits per heavy atom. The number of para-hydroxylation sites is 1. The molecule has 0 spiro atoms. The van der Waals surface area contributed by atoms with E-state index in [2.05, 4.69) is 9.56 Å². The molecule has 0 saturated heterocycles. The number of aliphatic hydroxyl groups excluding tert-OH is 3. The van der Waals surface area contributed by atoms with E-state index in [1.807, 2.05) is 35.4 Å². The van der Waals surface area contributed by atoms with E-state index in [4.69, 9.17) is 15.3 Å². The van der Waals surface area contributed by atoms with Gasteiger partial charge in [-0.1, -0.05) is 18.2 Å². The van der Waals surface area contributed by atoms with Gasteiger partial charge in [0.1, 0.15) is 0 Å². The number of fused-ring (bicyclic) bond motifs is 1. The molecule has 0 aliphatic rings. The molecule has 0 radical (unpaired) electrons. The molecule has 2 rings (SSSR count). The number of aliphatic hydroxyl groups is 3. The Labute approximate surface area is 129 Å². The van der Waals surface area contributed by atoms with E-state index in [-0.39, 0.29) is 19.8 Å². The summed E-state index contributed by atoms with van der Waals surface area (Å²) in [7, 11) is 0. The third-order valence-corrected chi connectivity index (χ3v) is 3.46. The number of rotatable bonds is 9. The average Bonchev–Trinajstić information content (AvgIpc) is 2.87. The maximum Gasteiger partial charge on any atom is 0.0752 e. The Kier molecular flexibility index (Phi) is 6.54. The molecule has 1 aromatic heterocycles. The third kappa shape index (κ3) is 4.14. The monoisotopic (exact) mass is 305 g/mol. The summed E-state index contributed by atoms with van der Waals surface area (Å²) >= 11 is 0. The fraction of sp³-hybridized carbons (Fsp3) is 0.438. The molecule has 2 aromatic rings. The second-order valence-corrected chi connectivity index (χ2v) is 5.04. The van der Waals surface area contributed by atoms with Crippen LogP contribution in [0, 0.1) is 0 Å². The van der Waals surface area contributed by atoms with Crippen LogP contribution in [0.5, 0.6) is 0 Å². The second-order valence-electron chi connectivity index (χ2n) is 5.04. The van der Waals surface area contributed by atoms with E-state index >= 15 is 0 Å². The average molecular weight is 305 g/mol. The molecule has 120 valence electrons. The van der Waals surface area contributed by atoms with E-state index in [0.717, 1.165) is 16.5 Å². The van der Waals surface area contributed by atoms with E-state index < -0.39 is 0 Å². The zero-order valence-corrected chi connectivity index (χ0v) is 12.6. The van der Waals surface area contributed by atoms with Crippen LogP contribution in [-0.2, 0) is 6.67 Å². The molecule has 0 unspecified atom stereocenters. The van der Waals surface area contributed by atoms with Gasteiger partial charge in [0, 0.05) is 42.0 Å². The van der Waals surface area contributed by atoms with Gasteiger partial charge in [-0.15, -0.1) is 0 Å². The maximum atomic E-state index is 9.13. The molecule has 6 heteroatoms. The van der Waals surface area contributed by atoms with Crippen LogP contribution in [0.1, 0.15) is 5.56 Å². The molecular formula is C16H23N3O3. The Hall–Kier alpha value is -1.73. The predicted octanol–water partition coefficient (Wildman–Crippen LogP) is 0.297. The Morgan fingerprint density at radius 1 is 1.05 bits per heavy atom. The molecule has 0 atom stereocenters. The van der Waals surface area contributed by atoms with Gasteiger partial charge in [0.2, 0.25) is 0 Å². The van der Waals surface area contributed by atoms with Crippen LogP contribution in [0.15, 0.2) is 35.5 Å². The smallest absolute Gasteiger partial charge is 0.0752 e. The van der Waals surface area contributed by atoms with Crippen LogP contribution < -0.4 is 0 Å². The fourth-order valence-corrected chi connectivity index (χ4v) is 2.47. The largest absolute Gasteiger partial charge is 0.395 e. The van der Waals surface area contributed by atoms with Crippen LogP contribution in [0.2, 0.25) is 0 Å². The minimum atomic E-state index is 0.0376. The van der Waals surface area contributed by atoms with Crippen molar-refractivity contribution < 1.29 is 15.3 Å². The van der Waals surface area contributed by atoms with E-state index in [1.54, 1.807) is 6.21 Å². The SMILES string of the molecule is OCCN=Cc1cn(CN(CCO)CCO)c2ccccc12. The van der Waals surface area contributed by atoms with Crippen molar-refractivity contribution in [2.45, 2.75) is 6.67 Å². The summed E-state index contributed by atoms with van der Waals surface area (Å²) in [4.78, 5) is 6.18. The van der Waals surface area contributed by atoms with E-state index in [0.29, 0.717) is 26.3 Å². The van der Waals surface area contributed by atoms with Crippen molar-refractivity contribution >= 4 is 17.1 Å². The maximum absolute atomic E-state index is 9.13. The predicted molar refractivity (Wildman–Crippen MR) is 87.2 cm³/mol. The van der Waals surface area contributed by atoms with E-state index in [1.165, 1.54) is 0 Å². The minimum Gasteiger partial charge on any atom is -0.395 e. The van der Waals surface area contributed by atoms with Gasteiger partial charge in [-0.25, -0.2) is 0 Å². The van der Waals surface area contributed by atoms with Crippen molar-refractivity contribution in [2.75, 3.05) is 39.5 Å². The van der Waals surface area contributed by atoms with Crippen LogP contribution in [-0.4, -0.2) is 70.5 Å². The van der Waals surface area contributed by atoms with Gasteiger partial charge in [-0.2, -0.15) is 0 Å². The lowest BCUT2D eigenvalue weighted by atomic mass is 10.2. The van der Waals surface area contributed by atoms with Crippen molar-refractivity contribution in [2.24, 2.45) is 4.99 Å². The van der Waals surface area contributed by atoms with Crippen molar-refractivity contribution in [3.05, 3.63) is 36.0 Å². The summed E-state index contributed by atoms with van der Waals surface area (Å²) in [5.41, 5.74) is 2.07. The molecule has 0 aliphatic heterocycles. The normalized spacial score (nSPS) is 12.0. The molecule has 6 nitrogen and oxygen atoms in total. The summed E-state index contributed by atoms with van der Waals surface area (Å²) in [5.74, 6) is 0. The highest BCUT2D eigenvalue weighted by Crippen LogP contribution is 2.20. The first-order valence-electron chi connectivity index (χ1n) is 7.42. The topological polar surface area (TPSA) is 81.2 Å². The van der Waals surface area contributed by atoms with Crippen molar-refractivity contribution in [3.63, 3.8) is 0 Å². The van der Waals surface area contributed by atoms with Gasteiger partial charge in [0.05, 0.1) is 33.0 Å². The lowest BCUT2D eigenvalue weighted by Crippen LogP contribution is -2.31. The van der Waals surface area contributed by atoms with Gasteiger partial charge < -0.3 is 19.9 Å². The number of benzene rings is 1. The third-order valence-electron chi connectivity index (χ3n) is 3.46. The highest BCUT2D eigenvalue weighted by atomic mass is 16.3. The molecule has 1 heterocycles. The Morgan fingerprint density at radius 3 is 2.45 bits per heavy atom. The van der Waals surface area contributed by atoms with Gasteiger partial charge in [0.15, 0.2) is 0 Å². The minimum absolute atomic E-state index is 0.0376. The van der Waals surface area contributed by atoms with Gasteiger partial charge in [-0.3, -0.25) is 9.89 Å². The molecular weight excluding hydrogens is 282 g/mol. The van der Waals surface area contributed by atoms with Crippen LogP contribution in [0.3, 0.4) is 0 Å². The number of aromatic nitrogens is 1. The number of nitrogens with zero attached hydrogens (tertiary/aromatic N) is 3. The first-order valence-corrected chi connectivity index (χ1v) is 7.42. The summed E-state index contributed by atoms with van der Waals surface area (Å²) in [5, 5.41) is 28.2. The zero-order chi connectivity index (χ0) is 15.8. The zero-order valence-electron chi connectivity index (χ0n) is 12.6. The Balaban J connectivity index is 2.28. The molecule has 3 N–H and O–H groups in total. The molecule has 0 bridgehead atoms. The molecule has 1 aromatic carbocycles. The van der Waals surface area contributed by atoms with Gasteiger partial charge >= 0.3 is 0 Å². The van der Waals surface area contributed by atoms with Crippen molar-refractivity contribution in [1.82, 2.24) is 9.47 Å². The highest BCUT2D eigenvalue weighted by Gasteiger charge is 2.10. The number of aliphatic imine (C=N–C) groups is 1. The molecule has 0 saturated carbocycles. The first kappa shape index (κ1) is 16.6. The van der Waals surface area contributed by atoms with Crippen LogP contribution >= 0.6 is 0 Å². The van der Waals surface area contributed by atoms with Gasteiger partial charge in [-0.05, 0) is 6.07 Å². The second kappa shape index (κ2) is 8.65. The number of hydrogen-bond acceptors (Lipinski definition) is 5. The lowest BCUT2D eigenvalue weighted by Gasteiger charge is -2.21. The van der Waals surface area contributed by atoms with E-state index in [9.17, 15) is 0 Å². The molecule has 22 heavy (non-hydrogen) atoms. The van der Waals surface area contributed by atoms with Crippen LogP contribution in [0.25, 0.3) is 10.9 Å². The summed E-state index contributed by atoms with van der Waals surface area (Å²) in [6.07, 6.45) is 3.78. The number of hydrogen-bond donors (Lipinski definition) is 3. The standard InChI is InChI=1S/C16H23N3O3/c20-8-5-17-11-14-12-19(13-18(6-9-21)7-10-22)16-4-2-1-3-15(14)16/h1-4,11-12,20-22H,5-10,13H2. The summed E-state index contributed by atoms with van der Waals surface area (Å²) in [6, 6.07) is 8.04. The fourth-order valence-electron chi connectivity index (χ4n) is 2.47. The summed E-state index contributed by atoms with van der Waals surface area (Å²) < 4.78 is 2.08. The molecule has 0 aliphatic carbocycles. The van der Waals surface area contributed by atoms with Crippen molar-refractivity contribution in [3.8, 4) is 0 Å².